The number of nitrogens with zero attached hydrogens (tertiary/aromatic N) is 1. The molecule has 4 nitrogen and oxygen atoms in total. The van der Waals surface area contributed by atoms with E-state index < -0.39 is 5.41 Å². The molecule has 134 valence electrons. The van der Waals surface area contributed by atoms with Crippen molar-refractivity contribution >= 4 is 22.7 Å². The number of fused-ring (bicyclic) bond motifs is 1. The number of hydrogen-bond donors (Lipinski definition) is 1. The minimum atomic E-state index is -0.649. The molecule has 26 heavy (non-hydrogen) atoms. The minimum Gasteiger partial charge on any atom is -0.440 e. The number of aromatic nitrogens is 1. The molecule has 1 amide bonds. The zero-order chi connectivity index (χ0) is 18.3. The molecular weight excluding hydrogens is 331 g/mol. The molecule has 0 bridgehead atoms. The summed E-state index contributed by atoms with van der Waals surface area (Å²) in [7, 11) is 0. The van der Waals surface area contributed by atoms with E-state index in [9.17, 15) is 9.18 Å². The summed E-state index contributed by atoms with van der Waals surface area (Å²) >= 11 is 0. The van der Waals surface area contributed by atoms with E-state index in [1.165, 1.54) is 12.1 Å². The van der Waals surface area contributed by atoms with Crippen LogP contribution in [0.1, 0.15) is 50.5 Å². The van der Waals surface area contributed by atoms with Gasteiger partial charge in [-0.2, -0.15) is 0 Å². The Hall–Kier alpha value is -2.69. The molecule has 0 aliphatic heterocycles. The van der Waals surface area contributed by atoms with Crippen LogP contribution in [0.3, 0.4) is 0 Å². The average Bonchev–Trinajstić information content (AvgIpc) is 2.97. The van der Waals surface area contributed by atoms with Gasteiger partial charge in [0.2, 0.25) is 5.91 Å². The summed E-state index contributed by atoms with van der Waals surface area (Å²) in [4.78, 5) is 17.5. The van der Waals surface area contributed by atoms with E-state index >= 15 is 0 Å². The van der Waals surface area contributed by atoms with Crippen LogP contribution in [0, 0.1) is 5.82 Å². The van der Waals surface area contributed by atoms with Crippen LogP contribution < -0.4 is 5.32 Å². The molecule has 0 spiro atoms. The first-order chi connectivity index (χ1) is 12.5. The standard InChI is InChI=1S/C21H21FN2O2/c1-13(2)19-24-17-12-16(7-8-18(17)26-19)23-20(25)21(9-4-10-21)14-5-3-6-15(22)11-14/h3,5-8,11-13H,4,9-10H2,1-2H3,(H,23,25). The van der Waals surface area contributed by atoms with Crippen LogP contribution in [-0.2, 0) is 10.2 Å². The second-order valence-electron chi connectivity index (χ2n) is 7.29. The molecule has 0 atom stereocenters. The Balaban J connectivity index is 1.61. The molecule has 1 heterocycles. The van der Waals surface area contributed by atoms with E-state index in [2.05, 4.69) is 10.3 Å². The highest BCUT2D eigenvalue weighted by molar-refractivity contribution is 6.00. The Kier molecular flexibility index (Phi) is 4.02. The van der Waals surface area contributed by atoms with Gasteiger partial charge in [-0.15, -0.1) is 0 Å². The number of amides is 1. The maximum Gasteiger partial charge on any atom is 0.235 e. The smallest absolute Gasteiger partial charge is 0.235 e. The third-order valence-electron chi connectivity index (χ3n) is 5.17. The van der Waals surface area contributed by atoms with E-state index in [0.29, 0.717) is 17.2 Å². The molecule has 0 unspecified atom stereocenters. The number of halogens is 1. The van der Waals surface area contributed by atoms with Crippen LogP contribution in [0.15, 0.2) is 46.9 Å². The van der Waals surface area contributed by atoms with Gasteiger partial charge in [0.05, 0.1) is 5.41 Å². The van der Waals surface area contributed by atoms with Crippen LogP contribution in [0.25, 0.3) is 11.1 Å². The van der Waals surface area contributed by atoms with Crippen LogP contribution in [0.5, 0.6) is 0 Å². The van der Waals surface area contributed by atoms with Crippen molar-refractivity contribution in [3.8, 4) is 0 Å². The molecule has 1 saturated carbocycles. The third kappa shape index (κ3) is 2.77. The number of carbonyl (C=O) groups excluding carboxylic acids is 1. The fourth-order valence-electron chi connectivity index (χ4n) is 3.48. The minimum absolute atomic E-state index is 0.0960. The van der Waals surface area contributed by atoms with Crippen molar-refractivity contribution in [1.29, 1.82) is 0 Å². The molecule has 1 aliphatic rings. The molecule has 3 aromatic rings. The van der Waals surface area contributed by atoms with Gasteiger partial charge in [-0.25, -0.2) is 9.37 Å². The van der Waals surface area contributed by atoms with E-state index in [1.54, 1.807) is 6.07 Å². The summed E-state index contributed by atoms with van der Waals surface area (Å²) in [5.74, 6) is 0.471. The van der Waals surface area contributed by atoms with E-state index in [-0.39, 0.29) is 17.6 Å². The molecule has 1 aliphatic carbocycles. The number of anilines is 1. The molecule has 2 aromatic carbocycles. The molecule has 1 aromatic heterocycles. The zero-order valence-electron chi connectivity index (χ0n) is 14.9. The summed E-state index contributed by atoms with van der Waals surface area (Å²) in [5, 5.41) is 2.99. The highest BCUT2D eigenvalue weighted by Crippen LogP contribution is 2.44. The van der Waals surface area contributed by atoms with Crippen LogP contribution in [-0.4, -0.2) is 10.9 Å². The van der Waals surface area contributed by atoms with Crippen molar-refractivity contribution in [2.45, 2.75) is 44.4 Å². The van der Waals surface area contributed by atoms with Gasteiger partial charge in [0.25, 0.3) is 0 Å². The fourth-order valence-corrected chi connectivity index (χ4v) is 3.48. The van der Waals surface area contributed by atoms with Crippen molar-refractivity contribution in [2.75, 3.05) is 5.32 Å². The van der Waals surface area contributed by atoms with Gasteiger partial charge in [-0.1, -0.05) is 32.4 Å². The quantitative estimate of drug-likeness (QED) is 0.706. The van der Waals surface area contributed by atoms with Gasteiger partial charge < -0.3 is 9.73 Å². The number of oxazole rings is 1. The molecule has 5 heteroatoms. The molecule has 4 rings (SSSR count). The van der Waals surface area contributed by atoms with Crippen LogP contribution in [0.4, 0.5) is 10.1 Å². The number of rotatable bonds is 4. The molecular formula is C21H21FN2O2. The lowest BCUT2D eigenvalue weighted by molar-refractivity contribution is -0.124. The van der Waals surface area contributed by atoms with Crippen molar-refractivity contribution < 1.29 is 13.6 Å². The van der Waals surface area contributed by atoms with Crippen LogP contribution in [0.2, 0.25) is 0 Å². The van der Waals surface area contributed by atoms with Crippen LogP contribution >= 0.6 is 0 Å². The maximum absolute atomic E-state index is 13.6. The van der Waals surface area contributed by atoms with Gasteiger partial charge in [0.15, 0.2) is 11.5 Å². The summed E-state index contributed by atoms with van der Waals surface area (Å²) in [6.07, 6.45) is 2.42. The number of hydrogen-bond acceptors (Lipinski definition) is 3. The monoisotopic (exact) mass is 352 g/mol. The maximum atomic E-state index is 13.6. The summed E-state index contributed by atoms with van der Waals surface area (Å²) < 4.78 is 19.3. The first kappa shape index (κ1) is 16.8. The SMILES string of the molecule is CC(C)c1nc2cc(NC(=O)C3(c4cccc(F)c4)CCC3)ccc2o1. The van der Waals surface area contributed by atoms with Crippen molar-refractivity contribution in [3.63, 3.8) is 0 Å². The van der Waals surface area contributed by atoms with E-state index in [1.807, 2.05) is 38.1 Å². The van der Waals surface area contributed by atoms with Gasteiger partial charge in [-0.3, -0.25) is 4.79 Å². The Labute approximate surface area is 151 Å². The van der Waals surface area contributed by atoms with Crippen molar-refractivity contribution in [2.24, 2.45) is 0 Å². The van der Waals surface area contributed by atoms with Gasteiger partial charge in [-0.05, 0) is 48.7 Å². The summed E-state index contributed by atoms with van der Waals surface area (Å²) in [6, 6.07) is 11.8. The highest BCUT2D eigenvalue weighted by Gasteiger charge is 2.45. The molecule has 1 fully saturated rings. The molecule has 1 N–H and O–H groups in total. The Bertz CT molecular complexity index is 973. The Morgan fingerprint density at radius 1 is 1.23 bits per heavy atom. The van der Waals surface area contributed by atoms with Gasteiger partial charge in [0.1, 0.15) is 11.3 Å². The third-order valence-corrected chi connectivity index (χ3v) is 5.17. The molecule has 0 saturated heterocycles. The topological polar surface area (TPSA) is 55.1 Å². The lowest BCUT2D eigenvalue weighted by Gasteiger charge is -2.40. The Morgan fingerprint density at radius 3 is 2.69 bits per heavy atom. The summed E-state index contributed by atoms with van der Waals surface area (Å²) in [5.41, 5.74) is 2.19. The highest BCUT2D eigenvalue weighted by atomic mass is 19.1. The molecule has 0 radical (unpaired) electrons. The number of benzene rings is 2. The zero-order valence-corrected chi connectivity index (χ0v) is 14.9. The first-order valence-corrected chi connectivity index (χ1v) is 8.96. The lowest BCUT2D eigenvalue weighted by atomic mass is 9.63. The normalized spacial score (nSPS) is 15.8. The van der Waals surface area contributed by atoms with E-state index in [4.69, 9.17) is 4.42 Å². The van der Waals surface area contributed by atoms with Crippen molar-refractivity contribution in [3.05, 3.63) is 59.7 Å². The lowest BCUT2D eigenvalue weighted by Crippen LogP contribution is -2.46. The average molecular weight is 352 g/mol. The number of nitrogens with one attached hydrogen (secondary N) is 1. The predicted octanol–water partition coefficient (Wildman–Crippen LogP) is 5.15. The second kappa shape index (κ2) is 6.24. The summed E-state index contributed by atoms with van der Waals surface area (Å²) in [6.45, 7) is 4.04. The van der Waals surface area contributed by atoms with E-state index in [0.717, 1.165) is 30.3 Å². The first-order valence-electron chi connectivity index (χ1n) is 8.96. The van der Waals surface area contributed by atoms with Gasteiger partial charge >= 0.3 is 0 Å². The fraction of sp³-hybridized carbons (Fsp3) is 0.333. The Morgan fingerprint density at radius 2 is 2.04 bits per heavy atom. The predicted molar refractivity (Wildman–Crippen MR) is 98.7 cm³/mol. The largest absolute Gasteiger partial charge is 0.440 e. The van der Waals surface area contributed by atoms with Gasteiger partial charge in [0, 0.05) is 11.6 Å². The number of carbonyl (C=O) groups is 1. The second-order valence-corrected chi connectivity index (χ2v) is 7.29. The van der Waals surface area contributed by atoms with Crippen molar-refractivity contribution in [1.82, 2.24) is 4.98 Å².